The van der Waals surface area contributed by atoms with E-state index in [1.807, 2.05) is 22.9 Å². The highest BCUT2D eigenvalue weighted by Gasteiger charge is 2.26. The Kier molecular flexibility index (Phi) is 4.41. The summed E-state index contributed by atoms with van der Waals surface area (Å²) in [4.78, 5) is 35.3. The molecular formula is C18H18N6O3. The van der Waals surface area contributed by atoms with Gasteiger partial charge in [0.25, 0.3) is 0 Å². The van der Waals surface area contributed by atoms with Crippen molar-refractivity contribution in [2.75, 3.05) is 17.7 Å². The Morgan fingerprint density at radius 1 is 1.30 bits per heavy atom. The molecule has 0 aromatic carbocycles. The van der Waals surface area contributed by atoms with Gasteiger partial charge in [-0.05, 0) is 30.4 Å². The van der Waals surface area contributed by atoms with Crippen molar-refractivity contribution in [2.24, 2.45) is 0 Å². The van der Waals surface area contributed by atoms with E-state index in [4.69, 9.17) is 4.74 Å². The fourth-order valence-corrected chi connectivity index (χ4v) is 2.93. The van der Waals surface area contributed by atoms with Crippen molar-refractivity contribution >= 4 is 29.7 Å². The number of hydrogen-bond donors (Lipinski definition) is 2. The lowest BCUT2D eigenvalue weighted by Gasteiger charge is -2.05. The molecule has 0 bridgehead atoms. The van der Waals surface area contributed by atoms with Crippen LogP contribution in [-0.4, -0.2) is 38.8 Å². The molecule has 3 aromatic heterocycles. The molecule has 1 aliphatic rings. The zero-order valence-corrected chi connectivity index (χ0v) is 14.7. The van der Waals surface area contributed by atoms with Crippen LogP contribution in [0.3, 0.4) is 0 Å². The minimum atomic E-state index is -0.395. The van der Waals surface area contributed by atoms with Crippen molar-refractivity contribution < 1.29 is 14.3 Å². The monoisotopic (exact) mass is 366 g/mol. The summed E-state index contributed by atoms with van der Waals surface area (Å²) in [5, 5.41) is 5.61. The Labute approximate surface area is 154 Å². The maximum Gasteiger partial charge on any atom is 0.341 e. The quantitative estimate of drug-likeness (QED) is 0.486. The van der Waals surface area contributed by atoms with Crippen LogP contribution in [-0.2, 0) is 16.1 Å². The maximum atomic E-state index is 12.2. The SMILES string of the molecule is COC(=O)c1cc(C2CC2)cn2cc(CNc3cc(NC=O)ncn3)nc12. The van der Waals surface area contributed by atoms with Gasteiger partial charge in [0.2, 0.25) is 6.41 Å². The highest BCUT2D eigenvalue weighted by atomic mass is 16.5. The van der Waals surface area contributed by atoms with Crippen molar-refractivity contribution in [2.45, 2.75) is 25.3 Å². The lowest BCUT2D eigenvalue weighted by Crippen LogP contribution is -2.06. The number of ether oxygens (including phenoxy) is 1. The molecular weight excluding hydrogens is 348 g/mol. The molecule has 27 heavy (non-hydrogen) atoms. The number of rotatable bonds is 7. The predicted molar refractivity (Wildman–Crippen MR) is 97.6 cm³/mol. The number of nitrogens with one attached hydrogen (secondary N) is 2. The molecule has 2 N–H and O–H groups in total. The second-order valence-electron chi connectivity index (χ2n) is 6.32. The highest BCUT2D eigenvalue weighted by molar-refractivity contribution is 5.96. The first-order chi connectivity index (χ1) is 13.2. The lowest BCUT2D eigenvalue weighted by molar-refractivity contribution is -0.105. The normalized spacial score (nSPS) is 13.4. The molecule has 0 atom stereocenters. The third-order valence-corrected chi connectivity index (χ3v) is 4.40. The number of imidazole rings is 1. The third-order valence-electron chi connectivity index (χ3n) is 4.40. The Morgan fingerprint density at radius 3 is 2.85 bits per heavy atom. The molecule has 1 fully saturated rings. The Morgan fingerprint density at radius 2 is 2.11 bits per heavy atom. The van der Waals surface area contributed by atoms with E-state index in [-0.39, 0.29) is 0 Å². The second-order valence-corrected chi connectivity index (χ2v) is 6.32. The minimum Gasteiger partial charge on any atom is -0.465 e. The number of anilines is 2. The Balaban J connectivity index is 1.60. The summed E-state index contributed by atoms with van der Waals surface area (Å²) in [7, 11) is 1.37. The number of fused-ring (bicyclic) bond motifs is 1. The van der Waals surface area contributed by atoms with Crippen molar-refractivity contribution in [3.8, 4) is 0 Å². The summed E-state index contributed by atoms with van der Waals surface area (Å²) < 4.78 is 6.79. The number of pyridine rings is 1. The fourth-order valence-electron chi connectivity index (χ4n) is 2.93. The number of carbonyl (C=O) groups excluding carboxylic acids is 2. The fraction of sp³-hybridized carbons (Fsp3) is 0.278. The Bertz CT molecular complexity index is 1010. The summed E-state index contributed by atoms with van der Waals surface area (Å²) in [6.07, 6.45) is 8.09. The van der Waals surface area contributed by atoms with E-state index < -0.39 is 5.97 Å². The average Bonchev–Trinajstić information content (AvgIpc) is 3.45. The summed E-state index contributed by atoms with van der Waals surface area (Å²) in [5.74, 6) is 1.07. The molecule has 9 nitrogen and oxygen atoms in total. The minimum absolute atomic E-state index is 0.395. The lowest BCUT2D eigenvalue weighted by atomic mass is 10.1. The molecule has 0 unspecified atom stereocenters. The van der Waals surface area contributed by atoms with Gasteiger partial charge in [-0.15, -0.1) is 0 Å². The van der Waals surface area contributed by atoms with E-state index in [0.29, 0.717) is 41.7 Å². The van der Waals surface area contributed by atoms with Gasteiger partial charge in [0, 0.05) is 18.5 Å². The van der Waals surface area contributed by atoms with Crippen LogP contribution in [0.2, 0.25) is 0 Å². The molecule has 0 radical (unpaired) electrons. The van der Waals surface area contributed by atoms with Crippen LogP contribution in [0.4, 0.5) is 11.6 Å². The van der Waals surface area contributed by atoms with Gasteiger partial charge in [-0.1, -0.05) is 0 Å². The highest BCUT2D eigenvalue weighted by Crippen LogP contribution is 2.40. The first-order valence-electron chi connectivity index (χ1n) is 8.54. The number of nitrogens with zero attached hydrogens (tertiary/aromatic N) is 4. The van der Waals surface area contributed by atoms with E-state index in [2.05, 4.69) is 25.6 Å². The van der Waals surface area contributed by atoms with Gasteiger partial charge in [0.05, 0.1) is 19.3 Å². The average molecular weight is 366 g/mol. The molecule has 9 heteroatoms. The number of aromatic nitrogens is 4. The van der Waals surface area contributed by atoms with Gasteiger partial charge < -0.3 is 19.8 Å². The molecule has 0 spiro atoms. The smallest absolute Gasteiger partial charge is 0.341 e. The van der Waals surface area contributed by atoms with Crippen LogP contribution in [0.5, 0.6) is 0 Å². The van der Waals surface area contributed by atoms with Crippen molar-refractivity contribution in [3.63, 3.8) is 0 Å². The summed E-state index contributed by atoms with van der Waals surface area (Å²) >= 11 is 0. The van der Waals surface area contributed by atoms with Crippen molar-refractivity contribution in [1.82, 2.24) is 19.4 Å². The number of methoxy groups -OCH3 is 1. The third kappa shape index (κ3) is 3.57. The topological polar surface area (TPSA) is 111 Å². The molecule has 1 amide bonds. The van der Waals surface area contributed by atoms with Gasteiger partial charge in [-0.2, -0.15) is 0 Å². The number of amides is 1. The number of carbonyl (C=O) groups is 2. The standard InChI is InChI=1S/C18H18N6O3/c1-27-18(26)14-4-12(11-2-3-11)7-24-8-13(23-17(14)24)6-19-15-5-16(22-10-25)21-9-20-15/h4-5,7-11H,2-3,6H2,1H3,(H2,19,20,21,22,25). The largest absolute Gasteiger partial charge is 0.465 e. The van der Waals surface area contributed by atoms with Gasteiger partial charge in [0.15, 0.2) is 5.65 Å². The van der Waals surface area contributed by atoms with Gasteiger partial charge in [0.1, 0.15) is 23.5 Å². The molecule has 0 aliphatic heterocycles. The molecule has 1 aliphatic carbocycles. The first-order valence-corrected chi connectivity index (χ1v) is 8.54. The van der Waals surface area contributed by atoms with Crippen LogP contribution in [0, 0.1) is 0 Å². The van der Waals surface area contributed by atoms with E-state index in [9.17, 15) is 9.59 Å². The van der Waals surface area contributed by atoms with E-state index >= 15 is 0 Å². The van der Waals surface area contributed by atoms with Crippen LogP contribution in [0.1, 0.15) is 40.4 Å². The van der Waals surface area contributed by atoms with Crippen LogP contribution < -0.4 is 10.6 Å². The van der Waals surface area contributed by atoms with Crippen LogP contribution in [0.25, 0.3) is 5.65 Å². The van der Waals surface area contributed by atoms with Gasteiger partial charge >= 0.3 is 5.97 Å². The molecule has 4 rings (SSSR count). The molecule has 3 heterocycles. The van der Waals surface area contributed by atoms with E-state index in [1.165, 1.54) is 13.4 Å². The number of hydrogen-bond acceptors (Lipinski definition) is 7. The van der Waals surface area contributed by atoms with Gasteiger partial charge in [-0.25, -0.2) is 19.7 Å². The van der Waals surface area contributed by atoms with E-state index in [1.54, 1.807) is 6.07 Å². The molecule has 1 saturated carbocycles. The number of esters is 1. The zero-order valence-electron chi connectivity index (χ0n) is 14.7. The van der Waals surface area contributed by atoms with Gasteiger partial charge in [-0.3, -0.25) is 4.79 Å². The molecule has 3 aromatic rings. The van der Waals surface area contributed by atoms with Crippen LogP contribution >= 0.6 is 0 Å². The van der Waals surface area contributed by atoms with E-state index in [0.717, 1.165) is 24.1 Å². The second kappa shape index (κ2) is 7.02. The predicted octanol–water partition coefficient (Wildman–Crippen LogP) is 1.97. The first kappa shape index (κ1) is 17.0. The Hall–Kier alpha value is -3.49. The summed E-state index contributed by atoms with van der Waals surface area (Å²) in [6.45, 7) is 0.401. The summed E-state index contributed by atoms with van der Waals surface area (Å²) in [6, 6.07) is 3.50. The van der Waals surface area contributed by atoms with Crippen molar-refractivity contribution in [1.29, 1.82) is 0 Å². The molecule has 138 valence electrons. The summed E-state index contributed by atoms with van der Waals surface area (Å²) in [5.41, 5.74) is 2.90. The zero-order chi connectivity index (χ0) is 18.8. The maximum absolute atomic E-state index is 12.2. The van der Waals surface area contributed by atoms with Crippen molar-refractivity contribution in [3.05, 3.63) is 47.7 Å². The van der Waals surface area contributed by atoms with Crippen LogP contribution in [0.15, 0.2) is 30.9 Å². The molecule has 0 saturated heterocycles.